The normalized spacial score (nSPS) is 19.7. The zero-order valence-electron chi connectivity index (χ0n) is 9.10. The van der Waals surface area contributed by atoms with Crippen LogP contribution in [0.5, 0.6) is 5.75 Å². The van der Waals surface area contributed by atoms with Crippen molar-refractivity contribution in [3.05, 3.63) is 33.9 Å². The summed E-state index contributed by atoms with van der Waals surface area (Å²) in [6.45, 7) is 3.53. The molecule has 1 saturated heterocycles. The van der Waals surface area contributed by atoms with Crippen LogP contribution in [-0.2, 0) is 0 Å². The number of nitro groups is 1. The maximum atomic E-state index is 10.6. The van der Waals surface area contributed by atoms with Gasteiger partial charge in [0.15, 0.2) is 0 Å². The van der Waals surface area contributed by atoms with Crippen molar-refractivity contribution in [2.45, 2.75) is 19.4 Å². The molecule has 0 spiro atoms. The molecule has 0 amide bonds. The van der Waals surface area contributed by atoms with Gasteiger partial charge in [0.25, 0.3) is 5.69 Å². The topological polar surface area (TPSA) is 64.4 Å². The lowest BCUT2D eigenvalue weighted by Gasteiger charge is -2.12. The number of ether oxygens (including phenoxy) is 1. The second-order valence-corrected chi connectivity index (χ2v) is 3.94. The van der Waals surface area contributed by atoms with E-state index in [4.69, 9.17) is 4.74 Å². The van der Waals surface area contributed by atoms with E-state index in [0.29, 0.717) is 11.3 Å². The van der Waals surface area contributed by atoms with Crippen molar-refractivity contribution in [2.24, 2.45) is 0 Å². The van der Waals surface area contributed by atoms with Gasteiger partial charge in [0.2, 0.25) is 0 Å². The Kier molecular flexibility index (Phi) is 3.05. The number of nitro benzene ring substituents is 1. The molecule has 0 aliphatic carbocycles. The molecule has 0 bridgehead atoms. The van der Waals surface area contributed by atoms with Crippen LogP contribution < -0.4 is 10.1 Å². The van der Waals surface area contributed by atoms with Gasteiger partial charge in [-0.05, 0) is 32.0 Å². The van der Waals surface area contributed by atoms with E-state index in [0.717, 1.165) is 19.5 Å². The molecule has 1 aromatic carbocycles. The van der Waals surface area contributed by atoms with Crippen LogP contribution in [0.4, 0.5) is 5.69 Å². The van der Waals surface area contributed by atoms with Crippen LogP contribution in [0.15, 0.2) is 18.2 Å². The SMILES string of the molecule is Cc1cc(O[C@@H]2CCNC2)ccc1[N+](=O)[O-]. The van der Waals surface area contributed by atoms with E-state index in [2.05, 4.69) is 5.32 Å². The van der Waals surface area contributed by atoms with E-state index >= 15 is 0 Å². The molecule has 1 fully saturated rings. The Labute approximate surface area is 93.6 Å². The first-order valence-electron chi connectivity index (χ1n) is 5.29. The first kappa shape index (κ1) is 10.9. The molecule has 16 heavy (non-hydrogen) atoms. The second-order valence-electron chi connectivity index (χ2n) is 3.94. The van der Waals surface area contributed by atoms with Gasteiger partial charge < -0.3 is 10.1 Å². The van der Waals surface area contributed by atoms with Crippen LogP contribution in [0.1, 0.15) is 12.0 Å². The molecule has 86 valence electrons. The van der Waals surface area contributed by atoms with Gasteiger partial charge in [-0.1, -0.05) is 0 Å². The average Bonchev–Trinajstić information content (AvgIpc) is 2.70. The minimum atomic E-state index is -0.379. The molecule has 0 aromatic heterocycles. The van der Waals surface area contributed by atoms with E-state index in [1.54, 1.807) is 19.1 Å². The fourth-order valence-electron chi connectivity index (χ4n) is 1.83. The van der Waals surface area contributed by atoms with Crippen LogP contribution in [0.2, 0.25) is 0 Å². The Morgan fingerprint density at radius 3 is 2.94 bits per heavy atom. The quantitative estimate of drug-likeness (QED) is 0.623. The third-order valence-corrected chi connectivity index (χ3v) is 2.68. The van der Waals surface area contributed by atoms with Gasteiger partial charge in [0, 0.05) is 18.2 Å². The smallest absolute Gasteiger partial charge is 0.272 e. The third kappa shape index (κ3) is 2.30. The molecule has 1 N–H and O–H groups in total. The summed E-state index contributed by atoms with van der Waals surface area (Å²) in [6.07, 6.45) is 1.16. The molecule has 2 rings (SSSR count). The Bertz CT molecular complexity index is 400. The van der Waals surface area contributed by atoms with Crippen LogP contribution >= 0.6 is 0 Å². The van der Waals surface area contributed by atoms with E-state index in [1.165, 1.54) is 6.07 Å². The van der Waals surface area contributed by atoms with Gasteiger partial charge in [-0.3, -0.25) is 10.1 Å². The largest absolute Gasteiger partial charge is 0.489 e. The summed E-state index contributed by atoms with van der Waals surface area (Å²) < 4.78 is 5.71. The predicted molar refractivity (Wildman–Crippen MR) is 59.7 cm³/mol. The molecule has 0 radical (unpaired) electrons. The van der Waals surface area contributed by atoms with Gasteiger partial charge in [-0.2, -0.15) is 0 Å². The van der Waals surface area contributed by atoms with Crippen molar-refractivity contribution in [1.82, 2.24) is 5.32 Å². The first-order valence-corrected chi connectivity index (χ1v) is 5.29. The number of hydrogen-bond donors (Lipinski definition) is 1. The lowest BCUT2D eigenvalue weighted by Crippen LogP contribution is -2.19. The summed E-state index contributed by atoms with van der Waals surface area (Å²) in [5.41, 5.74) is 0.769. The summed E-state index contributed by atoms with van der Waals surface area (Å²) in [5, 5.41) is 13.8. The van der Waals surface area contributed by atoms with Gasteiger partial charge in [-0.25, -0.2) is 0 Å². The molecule has 5 nitrogen and oxygen atoms in total. The molecule has 1 aliphatic heterocycles. The lowest BCUT2D eigenvalue weighted by molar-refractivity contribution is -0.385. The van der Waals surface area contributed by atoms with Crippen molar-refractivity contribution in [1.29, 1.82) is 0 Å². The highest BCUT2D eigenvalue weighted by Crippen LogP contribution is 2.24. The monoisotopic (exact) mass is 222 g/mol. The molecule has 0 unspecified atom stereocenters. The molecule has 0 saturated carbocycles. The molecular formula is C11H14N2O3. The Morgan fingerprint density at radius 2 is 2.38 bits per heavy atom. The molecule has 5 heteroatoms. The van der Waals surface area contributed by atoms with E-state index < -0.39 is 0 Å². The first-order chi connectivity index (χ1) is 7.66. The van der Waals surface area contributed by atoms with Crippen molar-refractivity contribution in [3.8, 4) is 5.75 Å². The molecule has 1 aliphatic rings. The Balaban J connectivity index is 2.11. The number of benzene rings is 1. The number of nitrogens with one attached hydrogen (secondary N) is 1. The standard InChI is InChI=1S/C11H14N2O3/c1-8-6-9(2-3-11(8)13(14)15)16-10-4-5-12-7-10/h2-3,6,10,12H,4-5,7H2,1H3/t10-/m1/s1. The summed E-state index contributed by atoms with van der Waals surface area (Å²) in [4.78, 5) is 10.3. The number of rotatable bonds is 3. The number of nitrogens with zero attached hydrogens (tertiary/aromatic N) is 1. The second kappa shape index (κ2) is 4.49. The minimum absolute atomic E-state index is 0.136. The highest BCUT2D eigenvalue weighted by Gasteiger charge is 2.17. The summed E-state index contributed by atoms with van der Waals surface area (Å²) in [7, 11) is 0. The zero-order chi connectivity index (χ0) is 11.5. The predicted octanol–water partition coefficient (Wildman–Crippen LogP) is 1.64. The van der Waals surface area contributed by atoms with Crippen LogP contribution in [-0.4, -0.2) is 24.1 Å². The highest BCUT2D eigenvalue weighted by atomic mass is 16.6. The maximum absolute atomic E-state index is 10.6. The number of aryl methyl sites for hydroxylation is 1. The number of hydrogen-bond acceptors (Lipinski definition) is 4. The van der Waals surface area contributed by atoms with Gasteiger partial charge in [-0.15, -0.1) is 0 Å². The molecule has 1 aromatic rings. The molecule has 1 atom stereocenters. The zero-order valence-corrected chi connectivity index (χ0v) is 9.10. The highest BCUT2D eigenvalue weighted by molar-refractivity contribution is 5.44. The summed E-state index contributed by atoms with van der Waals surface area (Å²) in [6, 6.07) is 4.87. The van der Waals surface area contributed by atoms with E-state index in [9.17, 15) is 10.1 Å². The van der Waals surface area contributed by atoms with Crippen LogP contribution in [0, 0.1) is 17.0 Å². The van der Waals surface area contributed by atoms with Crippen molar-refractivity contribution in [3.63, 3.8) is 0 Å². The Morgan fingerprint density at radius 1 is 1.56 bits per heavy atom. The molecular weight excluding hydrogens is 208 g/mol. The third-order valence-electron chi connectivity index (χ3n) is 2.68. The average molecular weight is 222 g/mol. The van der Waals surface area contributed by atoms with Gasteiger partial charge in [0.05, 0.1) is 4.92 Å². The van der Waals surface area contributed by atoms with Crippen LogP contribution in [0.25, 0.3) is 0 Å². The summed E-state index contributed by atoms with van der Waals surface area (Å²) in [5.74, 6) is 0.705. The molecule has 1 heterocycles. The Hall–Kier alpha value is -1.62. The lowest BCUT2D eigenvalue weighted by atomic mass is 10.2. The minimum Gasteiger partial charge on any atom is -0.489 e. The van der Waals surface area contributed by atoms with Crippen LogP contribution in [0.3, 0.4) is 0 Å². The van der Waals surface area contributed by atoms with E-state index in [-0.39, 0.29) is 16.7 Å². The van der Waals surface area contributed by atoms with Gasteiger partial charge in [0.1, 0.15) is 11.9 Å². The van der Waals surface area contributed by atoms with Crippen molar-refractivity contribution >= 4 is 5.69 Å². The summed E-state index contributed by atoms with van der Waals surface area (Å²) >= 11 is 0. The fraction of sp³-hybridized carbons (Fsp3) is 0.455. The van der Waals surface area contributed by atoms with Gasteiger partial charge >= 0.3 is 0 Å². The maximum Gasteiger partial charge on any atom is 0.272 e. The van der Waals surface area contributed by atoms with E-state index in [1.807, 2.05) is 0 Å². The van der Waals surface area contributed by atoms with Crippen molar-refractivity contribution < 1.29 is 9.66 Å². The fourth-order valence-corrected chi connectivity index (χ4v) is 1.83. The van der Waals surface area contributed by atoms with Crippen molar-refractivity contribution in [2.75, 3.05) is 13.1 Å².